The van der Waals surface area contributed by atoms with Crippen LogP contribution in [0.15, 0.2) is 72.8 Å². The van der Waals surface area contributed by atoms with Crippen molar-refractivity contribution in [2.75, 3.05) is 0 Å². The molecule has 0 unspecified atom stereocenters. The molecule has 1 aliphatic carbocycles. The van der Waals surface area contributed by atoms with Gasteiger partial charge >= 0.3 is 0 Å². The number of rotatable bonds is 3. The van der Waals surface area contributed by atoms with Crippen LogP contribution in [0.1, 0.15) is 22.7 Å². The normalized spacial score (nSPS) is 13.0. The zero-order chi connectivity index (χ0) is 14.9. The second-order valence-electron chi connectivity index (χ2n) is 5.62. The predicted octanol–water partition coefficient (Wildman–Crippen LogP) is 5.20. The van der Waals surface area contributed by atoms with E-state index in [-0.39, 0.29) is 6.04 Å². The van der Waals surface area contributed by atoms with E-state index in [1.807, 2.05) is 18.2 Å². The quantitative estimate of drug-likeness (QED) is 0.701. The van der Waals surface area contributed by atoms with Crippen molar-refractivity contribution in [3.63, 3.8) is 0 Å². The van der Waals surface area contributed by atoms with E-state index in [9.17, 15) is 0 Å². The van der Waals surface area contributed by atoms with Gasteiger partial charge < -0.3 is 5.32 Å². The highest BCUT2D eigenvalue weighted by Crippen LogP contribution is 2.43. The lowest BCUT2D eigenvalue weighted by Gasteiger charge is -2.16. The third kappa shape index (κ3) is 2.33. The van der Waals surface area contributed by atoms with Gasteiger partial charge in [-0.25, -0.2) is 0 Å². The summed E-state index contributed by atoms with van der Waals surface area (Å²) in [6.45, 7) is 0.799. The van der Waals surface area contributed by atoms with Crippen molar-refractivity contribution in [3.05, 3.63) is 94.5 Å². The van der Waals surface area contributed by atoms with Crippen LogP contribution in [-0.4, -0.2) is 0 Å². The number of hydrogen-bond donors (Lipinski definition) is 1. The van der Waals surface area contributed by atoms with E-state index in [4.69, 9.17) is 11.6 Å². The highest BCUT2D eigenvalue weighted by atomic mass is 35.5. The van der Waals surface area contributed by atoms with Gasteiger partial charge in [0.15, 0.2) is 0 Å². The number of halogens is 1. The Morgan fingerprint density at radius 3 is 2.05 bits per heavy atom. The summed E-state index contributed by atoms with van der Waals surface area (Å²) in [5.41, 5.74) is 6.58. The van der Waals surface area contributed by atoms with Crippen LogP contribution in [0.3, 0.4) is 0 Å². The van der Waals surface area contributed by atoms with Crippen molar-refractivity contribution in [1.82, 2.24) is 5.32 Å². The molecule has 22 heavy (non-hydrogen) atoms. The Balaban J connectivity index is 1.67. The molecule has 0 aromatic heterocycles. The second kappa shape index (κ2) is 5.60. The van der Waals surface area contributed by atoms with Crippen LogP contribution < -0.4 is 5.32 Å². The minimum atomic E-state index is 0.242. The molecule has 3 aromatic carbocycles. The van der Waals surface area contributed by atoms with Crippen LogP contribution in [0.4, 0.5) is 0 Å². The maximum absolute atomic E-state index is 6.07. The van der Waals surface area contributed by atoms with Gasteiger partial charge in [0, 0.05) is 11.6 Å². The van der Waals surface area contributed by atoms with Gasteiger partial charge in [-0.15, -0.1) is 0 Å². The maximum atomic E-state index is 6.07. The Morgan fingerprint density at radius 1 is 0.773 bits per heavy atom. The zero-order valence-corrected chi connectivity index (χ0v) is 12.8. The first kappa shape index (κ1) is 13.6. The molecule has 1 N–H and O–H groups in total. The number of nitrogens with one attached hydrogen (secondary N) is 1. The molecule has 0 fully saturated rings. The maximum Gasteiger partial charge on any atom is 0.0591 e. The molecule has 0 saturated carbocycles. The topological polar surface area (TPSA) is 12.0 Å². The Morgan fingerprint density at radius 2 is 1.41 bits per heavy atom. The SMILES string of the molecule is Clc1cccc(CNC2c3ccccc3-c3ccccc32)c1. The highest BCUT2D eigenvalue weighted by Gasteiger charge is 2.27. The molecular weight excluding hydrogens is 290 g/mol. The Labute approximate surface area is 135 Å². The molecule has 108 valence electrons. The standard InChI is InChI=1S/C20H16ClN/c21-15-7-5-6-14(12-15)13-22-20-18-10-3-1-8-16(18)17-9-2-4-11-19(17)20/h1-12,20,22H,13H2. The fourth-order valence-corrected chi connectivity index (χ4v) is 3.46. The first-order valence-electron chi connectivity index (χ1n) is 7.49. The minimum absolute atomic E-state index is 0.242. The van der Waals surface area contributed by atoms with Crippen molar-refractivity contribution in [1.29, 1.82) is 0 Å². The van der Waals surface area contributed by atoms with Crippen molar-refractivity contribution in [2.45, 2.75) is 12.6 Å². The molecule has 0 aliphatic heterocycles. The fraction of sp³-hybridized carbons (Fsp3) is 0.100. The Bertz CT molecular complexity index is 780. The molecule has 0 heterocycles. The summed E-state index contributed by atoms with van der Waals surface area (Å²) >= 11 is 6.07. The summed E-state index contributed by atoms with van der Waals surface area (Å²) in [5.74, 6) is 0. The zero-order valence-electron chi connectivity index (χ0n) is 12.1. The lowest BCUT2D eigenvalue weighted by atomic mass is 10.0. The average molecular weight is 306 g/mol. The third-order valence-corrected chi connectivity index (χ3v) is 4.47. The molecule has 3 aromatic rings. The summed E-state index contributed by atoms with van der Waals surface area (Å²) in [7, 11) is 0. The third-order valence-electron chi connectivity index (χ3n) is 4.23. The lowest BCUT2D eigenvalue weighted by Crippen LogP contribution is -2.20. The van der Waals surface area contributed by atoms with E-state index >= 15 is 0 Å². The van der Waals surface area contributed by atoms with Gasteiger partial charge in [0.1, 0.15) is 0 Å². The molecule has 1 aliphatic rings. The van der Waals surface area contributed by atoms with Crippen LogP contribution in [0.2, 0.25) is 5.02 Å². The van der Waals surface area contributed by atoms with Gasteiger partial charge in [0.25, 0.3) is 0 Å². The molecule has 0 bridgehead atoms. The molecule has 0 spiro atoms. The summed E-state index contributed by atoms with van der Waals surface area (Å²) in [6.07, 6.45) is 0. The monoisotopic (exact) mass is 305 g/mol. The minimum Gasteiger partial charge on any atom is -0.302 e. The summed E-state index contributed by atoms with van der Waals surface area (Å²) in [4.78, 5) is 0. The summed E-state index contributed by atoms with van der Waals surface area (Å²) in [6, 6.07) is 25.5. The molecule has 0 atom stereocenters. The second-order valence-corrected chi connectivity index (χ2v) is 6.05. The van der Waals surface area contributed by atoms with Crippen LogP contribution >= 0.6 is 11.6 Å². The highest BCUT2D eigenvalue weighted by molar-refractivity contribution is 6.30. The van der Waals surface area contributed by atoms with E-state index in [0.717, 1.165) is 11.6 Å². The van der Waals surface area contributed by atoms with Crippen LogP contribution in [-0.2, 0) is 6.54 Å². The van der Waals surface area contributed by atoms with Gasteiger partial charge in [-0.2, -0.15) is 0 Å². The molecule has 2 heteroatoms. The van der Waals surface area contributed by atoms with Crippen molar-refractivity contribution in [3.8, 4) is 11.1 Å². The first-order valence-corrected chi connectivity index (χ1v) is 7.87. The summed E-state index contributed by atoms with van der Waals surface area (Å²) < 4.78 is 0. The first-order chi connectivity index (χ1) is 10.8. The van der Waals surface area contributed by atoms with E-state index in [0.29, 0.717) is 0 Å². The van der Waals surface area contributed by atoms with Crippen LogP contribution in [0.5, 0.6) is 0 Å². The summed E-state index contributed by atoms with van der Waals surface area (Å²) in [5, 5.41) is 4.46. The van der Waals surface area contributed by atoms with E-state index in [2.05, 4.69) is 59.9 Å². The number of fused-ring (bicyclic) bond motifs is 3. The molecule has 0 amide bonds. The van der Waals surface area contributed by atoms with E-state index < -0.39 is 0 Å². The smallest absolute Gasteiger partial charge is 0.0591 e. The fourth-order valence-electron chi connectivity index (χ4n) is 3.24. The Hall–Kier alpha value is -2.09. The number of benzene rings is 3. The molecule has 4 rings (SSSR count). The van der Waals surface area contributed by atoms with Gasteiger partial charge in [0.2, 0.25) is 0 Å². The van der Waals surface area contributed by atoms with Crippen LogP contribution in [0, 0.1) is 0 Å². The predicted molar refractivity (Wildman–Crippen MR) is 92.0 cm³/mol. The molecule has 0 saturated heterocycles. The Kier molecular flexibility index (Phi) is 3.45. The van der Waals surface area contributed by atoms with E-state index in [1.165, 1.54) is 27.8 Å². The van der Waals surface area contributed by atoms with Gasteiger partial charge in [-0.05, 0) is 39.9 Å². The molecular formula is C20H16ClN. The van der Waals surface area contributed by atoms with Crippen molar-refractivity contribution >= 4 is 11.6 Å². The lowest BCUT2D eigenvalue weighted by molar-refractivity contribution is 0.616. The van der Waals surface area contributed by atoms with Crippen LogP contribution in [0.25, 0.3) is 11.1 Å². The van der Waals surface area contributed by atoms with Crippen molar-refractivity contribution < 1.29 is 0 Å². The molecule has 1 nitrogen and oxygen atoms in total. The average Bonchev–Trinajstić information content (AvgIpc) is 2.87. The number of hydrogen-bond acceptors (Lipinski definition) is 1. The van der Waals surface area contributed by atoms with Crippen molar-refractivity contribution in [2.24, 2.45) is 0 Å². The largest absolute Gasteiger partial charge is 0.302 e. The van der Waals surface area contributed by atoms with Gasteiger partial charge in [0.05, 0.1) is 6.04 Å². The molecule has 0 radical (unpaired) electrons. The van der Waals surface area contributed by atoms with E-state index in [1.54, 1.807) is 0 Å². The van der Waals surface area contributed by atoms with Gasteiger partial charge in [-0.3, -0.25) is 0 Å². The van der Waals surface area contributed by atoms with Gasteiger partial charge in [-0.1, -0.05) is 72.3 Å².